The molecule has 0 aromatic rings. The maximum Gasteiger partial charge on any atom is 0.0461 e. The Labute approximate surface area is 65.0 Å². The second-order valence-corrected chi connectivity index (χ2v) is 3.11. The van der Waals surface area contributed by atoms with Gasteiger partial charge in [0.15, 0.2) is 0 Å². The SMILES string of the molecule is NC1=CC=C(Cl)CC1S. The summed E-state index contributed by atoms with van der Waals surface area (Å²) in [6, 6.07) is 0. The fourth-order valence-electron chi connectivity index (χ4n) is 0.668. The van der Waals surface area contributed by atoms with Crippen LogP contribution < -0.4 is 5.73 Å². The highest BCUT2D eigenvalue weighted by molar-refractivity contribution is 7.81. The first-order valence-electron chi connectivity index (χ1n) is 2.70. The zero-order valence-electron chi connectivity index (χ0n) is 4.84. The Balaban J connectivity index is 2.74. The number of allylic oxidation sites excluding steroid dienone is 3. The Morgan fingerprint density at radius 3 is 2.78 bits per heavy atom. The minimum Gasteiger partial charge on any atom is -0.401 e. The zero-order chi connectivity index (χ0) is 6.85. The molecule has 0 bridgehead atoms. The minimum absolute atomic E-state index is 0.113. The molecule has 9 heavy (non-hydrogen) atoms. The zero-order valence-corrected chi connectivity index (χ0v) is 6.49. The molecule has 0 radical (unpaired) electrons. The van der Waals surface area contributed by atoms with E-state index in [-0.39, 0.29) is 5.25 Å². The van der Waals surface area contributed by atoms with Crippen molar-refractivity contribution in [2.45, 2.75) is 11.7 Å². The Kier molecular flexibility index (Phi) is 2.09. The van der Waals surface area contributed by atoms with E-state index in [9.17, 15) is 0 Å². The van der Waals surface area contributed by atoms with E-state index in [0.717, 1.165) is 17.2 Å². The van der Waals surface area contributed by atoms with Crippen LogP contribution in [-0.2, 0) is 0 Å². The van der Waals surface area contributed by atoms with Crippen LogP contribution in [0.1, 0.15) is 6.42 Å². The molecule has 0 spiro atoms. The normalized spacial score (nSPS) is 27.1. The van der Waals surface area contributed by atoms with E-state index in [1.165, 1.54) is 0 Å². The maximum atomic E-state index is 5.69. The maximum absolute atomic E-state index is 5.69. The monoisotopic (exact) mass is 161 g/mol. The van der Waals surface area contributed by atoms with Crippen molar-refractivity contribution in [2.75, 3.05) is 0 Å². The van der Waals surface area contributed by atoms with Crippen LogP contribution in [0.3, 0.4) is 0 Å². The number of rotatable bonds is 0. The van der Waals surface area contributed by atoms with Crippen molar-refractivity contribution in [1.29, 1.82) is 0 Å². The Morgan fingerprint density at radius 1 is 1.67 bits per heavy atom. The summed E-state index contributed by atoms with van der Waals surface area (Å²) in [5, 5.41) is 0.937. The summed E-state index contributed by atoms with van der Waals surface area (Å²) in [7, 11) is 0. The lowest BCUT2D eigenvalue weighted by Crippen LogP contribution is -2.13. The van der Waals surface area contributed by atoms with Gasteiger partial charge in [-0.25, -0.2) is 0 Å². The summed E-state index contributed by atoms with van der Waals surface area (Å²) < 4.78 is 0. The van der Waals surface area contributed by atoms with Crippen molar-refractivity contribution in [3.8, 4) is 0 Å². The lowest BCUT2D eigenvalue weighted by atomic mass is 10.1. The highest BCUT2D eigenvalue weighted by Crippen LogP contribution is 2.22. The number of halogens is 1. The fourth-order valence-corrected chi connectivity index (χ4v) is 1.28. The quantitative estimate of drug-likeness (QED) is 0.520. The van der Waals surface area contributed by atoms with Crippen LogP contribution in [0.25, 0.3) is 0 Å². The van der Waals surface area contributed by atoms with Crippen molar-refractivity contribution >= 4 is 24.2 Å². The molecule has 0 amide bonds. The van der Waals surface area contributed by atoms with Gasteiger partial charge >= 0.3 is 0 Å². The van der Waals surface area contributed by atoms with Gasteiger partial charge in [0.1, 0.15) is 0 Å². The molecule has 0 heterocycles. The van der Waals surface area contributed by atoms with Gasteiger partial charge in [0.05, 0.1) is 0 Å². The second kappa shape index (κ2) is 2.67. The van der Waals surface area contributed by atoms with Gasteiger partial charge in [-0.3, -0.25) is 0 Å². The second-order valence-electron chi connectivity index (χ2n) is 2.00. The third-order valence-electron chi connectivity index (χ3n) is 1.23. The van der Waals surface area contributed by atoms with Crippen molar-refractivity contribution in [1.82, 2.24) is 0 Å². The molecule has 0 saturated carbocycles. The van der Waals surface area contributed by atoms with Gasteiger partial charge in [0, 0.05) is 22.4 Å². The van der Waals surface area contributed by atoms with E-state index in [1.54, 1.807) is 6.08 Å². The molecule has 50 valence electrons. The molecule has 1 aliphatic carbocycles. The van der Waals surface area contributed by atoms with Crippen molar-refractivity contribution in [3.63, 3.8) is 0 Å². The molecule has 0 aliphatic heterocycles. The topological polar surface area (TPSA) is 26.0 Å². The fraction of sp³-hybridized carbons (Fsp3) is 0.333. The summed E-state index contributed by atoms with van der Waals surface area (Å²) >= 11 is 9.89. The predicted octanol–water partition coefficient (Wildman–Crippen LogP) is 1.65. The average molecular weight is 162 g/mol. The van der Waals surface area contributed by atoms with Gasteiger partial charge < -0.3 is 5.73 Å². The Hall–Kier alpha value is -0.0800. The molecule has 1 atom stereocenters. The van der Waals surface area contributed by atoms with E-state index in [2.05, 4.69) is 12.6 Å². The van der Waals surface area contributed by atoms with Crippen LogP contribution in [0, 0.1) is 0 Å². The molecule has 2 N–H and O–H groups in total. The van der Waals surface area contributed by atoms with Crippen LogP contribution in [-0.4, -0.2) is 5.25 Å². The Bertz CT molecular complexity index is 174. The third-order valence-corrected chi connectivity index (χ3v) is 1.99. The smallest absolute Gasteiger partial charge is 0.0461 e. The third kappa shape index (κ3) is 1.66. The molecule has 3 heteroatoms. The first-order valence-corrected chi connectivity index (χ1v) is 3.59. The van der Waals surface area contributed by atoms with Crippen LogP contribution in [0.5, 0.6) is 0 Å². The van der Waals surface area contributed by atoms with Crippen molar-refractivity contribution in [2.24, 2.45) is 5.73 Å². The highest BCUT2D eigenvalue weighted by Gasteiger charge is 2.10. The van der Waals surface area contributed by atoms with Crippen molar-refractivity contribution in [3.05, 3.63) is 22.9 Å². The van der Waals surface area contributed by atoms with Gasteiger partial charge in [-0.2, -0.15) is 12.6 Å². The number of nitrogens with two attached hydrogens (primary N) is 1. The van der Waals surface area contributed by atoms with E-state index in [0.29, 0.717) is 0 Å². The number of hydrogen-bond donors (Lipinski definition) is 2. The van der Waals surface area contributed by atoms with E-state index >= 15 is 0 Å². The van der Waals surface area contributed by atoms with Crippen LogP contribution >= 0.6 is 24.2 Å². The van der Waals surface area contributed by atoms with Gasteiger partial charge in [0.25, 0.3) is 0 Å². The van der Waals surface area contributed by atoms with Gasteiger partial charge in [-0.1, -0.05) is 11.6 Å². The van der Waals surface area contributed by atoms with Crippen LogP contribution in [0.15, 0.2) is 22.9 Å². The minimum atomic E-state index is 0.113. The molecular formula is C6H8ClNS. The summed E-state index contributed by atoms with van der Waals surface area (Å²) in [4.78, 5) is 0. The van der Waals surface area contributed by atoms with E-state index < -0.39 is 0 Å². The molecular weight excluding hydrogens is 154 g/mol. The average Bonchev–Trinajstić information content (AvgIpc) is 1.80. The largest absolute Gasteiger partial charge is 0.401 e. The molecule has 1 aliphatic rings. The Morgan fingerprint density at radius 2 is 2.33 bits per heavy atom. The van der Waals surface area contributed by atoms with Gasteiger partial charge in [-0.05, 0) is 12.2 Å². The molecule has 1 nitrogen and oxygen atoms in total. The number of thiol groups is 1. The standard InChI is InChI=1S/C6H8ClNS/c7-4-1-2-5(8)6(9)3-4/h1-2,6,9H,3,8H2. The molecule has 0 saturated heterocycles. The highest BCUT2D eigenvalue weighted by atomic mass is 35.5. The lowest BCUT2D eigenvalue weighted by Gasteiger charge is -2.13. The molecule has 0 fully saturated rings. The summed E-state index contributed by atoms with van der Waals surface area (Å²) in [5.74, 6) is 0. The lowest BCUT2D eigenvalue weighted by molar-refractivity contribution is 0.957. The molecule has 0 aromatic heterocycles. The van der Waals surface area contributed by atoms with Crippen molar-refractivity contribution < 1.29 is 0 Å². The van der Waals surface area contributed by atoms with Gasteiger partial charge in [0.2, 0.25) is 0 Å². The van der Waals surface area contributed by atoms with E-state index in [1.807, 2.05) is 6.08 Å². The summed E-state index contributed by atoms with van der Waals surface area (Å²) in [6.45, 7) is 0. The first-order chi connectivity index (χ1) is 4.20. The first kappa shape index (κ1) is 7.03. The predicted molar refractivity (Wildman–Crippen MR) is 43.6 cm³/mol. The summed E-state index contributed by atoms with van der Waals surface area (Å²) in [6.07, 6.45) is 4.36. The molecule has 0 aromatic carbocycles. The van der Waals surface area contributed by atoms with E-state index in [4.69, 9.17) is 17.3 Å². The summed E-state index contributed by atoms with van der Waals surface area (Å²) in [5.41, 5.74) is 6.32. The van der Waals surface area contributed by atoms with Crippen LogP contribution in [0.2, 0.25) is 0 Å². The molecule has 1 unspecified atom stereocenters. The number of hydrogen-bond acceptors (Lipinski definition) is 2. The van der Waals surface area contributed by atoms with Gasteiger partial charge in [-0.15, -0.1) is 0 Å². The van der Waals surface area contributed by atoms with Crippen LogP contribution in [0.4, 0.5) is 0 Å². The molecule has 1 rings (SSSR count).